The zero-order chi connectivity index (χ0) is 16.3. The second kappa shape index (κ2) is 6.58. The van der Waals surface area contributed by atoms with Gasteiger partial charge in [0.2, 0.25) is 0 Å². The summed E-state index contributed by atoms with van der Waals surface area (Å²) in [5.41, 5.74) is 1.74. The Morgan fingerprint density at radius 3 is 2.73 bits per heavy atom. The first kappa shape index (κ1) is 16.6. The van der Waals surface area contributed by atoms with Crippen LogP contribution >= 0.6 is 0 Å². The predicted molar refractivity (Wildman–Crippen MR) is 87.0 cm³/mol. The first-order chi connectivity index (χ1) is 10.3. The van der Waals surface area contributed by atoms with Gasteiger partial charge < -0.3 is 15.4 Å². The van der Waals surface area contributed by atoms with E-state index in [4.69, 9.17) is 4.74 Å². The number of carbonyl (C=O) groups excluding carboxylic acids is 1. The van der Waals surface area contributed by atoms with E-state index in [0.29, 0.717) is 6.04 Å². The van der Waals surface area contributed by atoms with Crippen molar-refractivity contribution in [3.05, 3.63) is 11.9 Å². The van der Waals surface area contributed by atoms with Crippen LogP contribution in [0.25, 0.3) is 0 Å². The molecule has 2 unspecified atom stereocenters. The summed E-state index contributed by atoms with van der Waals surface area (Å²) >= 11 is 0. The molecule has 0 spiro atoms. The summed E-state index contributed by atoms with van der Waals surface area (Å²) in [6.45, 7) is 7.73. The number of alkyl carbamates (subject to hydrolysis) is 1. The molecule has 2 atom stereocenters. The van der Waals surface area contributed by atoms with Gasteiger partial charge in [0.25, 0.3) is 0 Å². The molecule has 1 aromatic rings. The van der Waals surface area contributed by atoms with Gasteiger partial charge in [0.1, 0.15) is 5.60 Å². The van der Waals surface area contributed by atoms with E-state index >= 15 is 0 Å². The monoisotopic (exact) mass is 308 g/mol. The Morgan fingerprint density at radius 2 is 2.09 bits per heavy atom. The van der Waals surface area contributed by atoms with Gasteiger partial charge in [-0.3, -0.25) is 4.68 Å². The van der Waals surface area contributed by atoms with Crippen molar-refractivity contribution in [2.24, 2.45) is 7.05 Å². The van der Waals surface area contributed by atoms with Crippen LogP contribution in [0.1, 0.15) is 52.7 Å². The van der Waals surface area contributed by atoms with Crippen LogP contribution in [0.4, 0.5) is 10.5 Å². The lowest BCUT2D eigenvalue weighted by Gasteiger charge is -2.22. The first-order valence-electron chi connectivity index (χ1n) is 8.05. The van der Waals surface area contributed by atoms with Gasteiger partial charge in [-0.05, 0) is 46.5 Å². The van der Waals surface area contributed by atoms with Crippen molar-refractivity contribution in [3.8, 4) is 0 Å². The van der Waals surface area contributed by atoms with E-state index in [0.717, 1.165) is 37.1 Å². The fourth-order valence-electron chi connectivity index (χ4n) is 2.85. The summed E-state index contributed by atoms with van der Waals surface area (Å²) in [5, 5.41) is 11.0. The number of hydrogen-bond donors (Lipinski definition) is 2. The molecule has 0 radical (unpaired) electrons. The van der Waals surface area contributed by atoms with E-state index in [1.54, 1.807) is 0 Å². The number of nitrogens with one attached hydrogen (secondary N) is 2. The zero-order valence-corrected chi connectivity index (χ0v) is 14.3. The lowest BCUT2D eigenvalue weighted by Crippen LogP contribution is -2.38. The number of ether oxygens (including phenoxy) is 1. The minimum Gasteiger partial charge on any atom is -0.444 e. The largest absolute Gasteiger partial charge is 0.444 e. The molecule has 1 aromatic heterocycles. The lowest BCUT2D eigenvalue weighted by molar-refractivity contribution is 0.0505. The third-order valence-electron chi connectivity index (χ3n) is 3.75. The van der Waals surface area contributed by atoms with Gasteiger partial charge >= 0.3 is 6.09 Å². The zero-order valence-electron chi connectivity index (χ0n) is 14.3. The molecule has 6 heteroatoms. The van der Waals surface area contributed by atoms with Crippen LogP contribution in [-0.2, 0) is 18.2 Å². The van der Waals surface area contributed by atoms with Crippen molar-refractivity contribution in [2.45, 2.75) is 71.1 Å². The van der Waals surface area contributed by atoms with Crippen molar-refractivity contribution in [2.75, 3.05) is 5.32 Å². The highest BCUT2D eigenvalue weighted by Crippen LogP contribution is 2.25. The lowest BCUT2D eigenvalue weighted by atomic mass is 10.2. The van der Waals surface area contributed by atoms with E-state index in [-0.39, 0.29) is 12.1 Å². The van der Waals surface area contributed by atoms with Gasteiger partial charge in [0.15, 0.2) is 0 Å². The molecule has 2 N–H and O–H groups in total. The summed E-state index contributed by atoms with van der Waals surface area (Å²) in [6, 6.07) is 0.545. The molecule has 0 bridgehead atoms. The highest BCUT2D eigenvalue weighted by atomic mass is 16.6. The van der Waals surface area contributed by atoms with Crippen molar-refractivity contribution < 1.29 is 9.53 Å². The van der Waals surface area contributed by atoms with Crippen molar-refractivity contribution in [3.63, 3.8) is 0 Å². The molecule has 0 saturated heterocycles. The topological polar surface area (TPSA) is 68.2 Å². The van der Waals surface area contributed by atoms with Gasteiger partial charge in [-0.1, -0.05) is 6.92 Å². The summed E-state index contributed by atoms with van der Waals surface area (Å²) in [5.74, 6) is 0. The molecular formula is C16H28N4O2. The molecule has 0 aliphatic heterocycles. The summed E-state index contributed by atoms with van der Waals surface area (Å²) < 4.78 is 7.15. The van der Waals surface area contributed by atoms with Crippen LogP contribution in [0.2, 0.25) is 0 Å². The van der Waals surface area contributed by atoms with Crippen LogP contribution in [0.3, 0.4) is 0 Å². The maximum atomic E-state index is 11.8. The van der Waals surface area contributed by atoms with Crippen LogP contribution in [0, 0.1) is 0 Å². The molecule has 1 fully saturated rings. The van der Waals surface area contributed by atoms with Crippen LogP contribution in [0.5, 0.6) is 0 Å². The second-order valence-corrected chi connectivity index (χ2v) is 7.01. The standard InChI is InChI=1S/C16H28N4O2/c1-6-13-14(10-20(5)19-13)17-11-7-8-12(9-11)18-15(21)22-16(2,3)4/h10-12,17H,6-9H2,1-5H3,(H,18,21). The number of aryl methyl sites for hydroxylation is 2. The highest BCUT2D eigenvalue weighted by molar-refractivity contribution is 5.68. The van der Waals surface area contributed by atoms with E-state index in [1.165, 1.54) is 0 Å². The smallest absolute Gasteiger partial charge is 0.407 e. The normalized spacial score (nSPS) is 21.7. The van der Waals surface area contributed by atoms with Gasteiger partial charge in [0.05, 0.1) is 11.4 Å². The molecule has 22 heavy (non-hydrogen) atoms. The fraction of sp³-hybridized carbons (Fsp3) is 0.750. The van der Waals surface area contributed by atoms with Crippen molar-refractivity contribution in [1.82, 2.24) is 15.1 Å². The Bertz CT molecular complexity index is 519. The number of rotatable bonds is 4. The van der Waals surface area contributed by atoms with Crippen LogP contribution in [-0.4, -0.2) is 33.6 Å². The van der Waals surface area contributed by atoms with Gasteiger partial charge in [-0.15, -0.1) is 0 Å². The summed E-state index contributed by atoms with van der Waals surface area (Å²) in [6.07, 6.45) is 5.53. The molecule has 2 rings (SSSR count). The number of aromatic nitrogens is 2. The highest BCUT2D eigenvalue weighted by Gasteiger charge is 2.28. The van der Waals surface area contributed by atoms with Gasteiger partial charge in [-0.2, -0.15) is 5.10 Å². The molecule has 1 aliphatic rings. The van der Waals surface area contributed by atoms with Crippen molar-refractivity contribution in [1.29, 1.82) is 0 Å². The number of hydrogen-bond acceptors (Lipinski definition) is 4. The van der Waals surface area contributed by atoms with E-state index < -0.39 is 5.60 Å². The molecule has 0 aromatic carbocycles. The predicted octanol–water partition coefficient (Wildman–Crippen LogP) is 2.84. The molecule has 1 saturated carbocycles. The minimum atomic E-state index is -0.452. The number of carbonyl (C=O) groups is 1. The molecular weight excluding hydrogens is 280 g/mol. The molecule has 1 amide bonds. The summed E-state index contributed by atoms with van der Waals surface area (Å²) in [4.78, 5) is 11.8. The Labute approximate surface area is 132 Å². The average molecular weight is 308 g/mol. The third kappa shape index (κ3) is 4.64. The van der Waals surface area contributed by atoms with E-state index in [2.05, 4.69) is 22.7 Å². The Kier molecular flexibility index (Phi) is 4.98. The van der Waals surface area contributed by atoms with E-state index in [1.807, 2.05) is 38.7 Å². The SMILES string of the molecule is CCc1nn(C)cc1NC1CCC(NC(=O)OC(C)(C)C)C1. The molecule has 1 aliphatic carbocycles. The average Bonchev–Trinajstić information content (AvgIpc) is 2.94. The number of anilines is 1. The Balaban J connectivity index is 1.84. The minimum absolute atomic E-state index is 0.175. The number of amides is 1. The fourth-order valence-corrected chi connectivity index (χ4v) is 2.85. The van der Waals surface area contributed by atoms with Gasteiger partial charge in [-0.25, -0.2) is 4.79 Å². The number of nitrogens with zero attached hydrogens (tertiary/aromatic N) is 2. The van der Waals surface area contributed by atoms with Crippen LogP contribution in [0.15, 0.2) is 6.20 Å². The first-order valence-corrected chi connectivity index (χ1v) is 8.05. The van der Waals surface area contributed by atoms with Gasteiger partial charge in [0, 0.05) is 25.3 Å². The third-order valence-corrected chi connectivity index (χ3v) is 3.75. The quantitative estimate of drug-likeness (QED) is 0.897. The summed E-state index contributed by atoms with van der Waals surface area (Å²) in [7, 11) is 1.94. The Morgan fingerprint density at radius 1 is 1.41 bits per heavy atom. The Hall–Kier alpha value is -1.72. The van der Waals surface area contributed by atoms with Crippen LogP contribution < -0.4 is 10.6 Å². The molecule has 6 nitrogen and oxygen atoms in total. The van der Waals surface area contributed by atoms with Crippen molar-refractivity contribution >= 4 is 11.8 Å². The van der Waals surface area contributed by atoms with E-state index in [9.17, 15) is 4.79 Å². The maximum Gasteiger partial charge on any atom is 0.407 e. The second-order valence-electron chi connectivity index (χ2n) is 7.01. The maximum absolute atomic E-state index is 11.8. The molecule has 124 valence electrons. The molecule has 1 heterocycles.